The predicted molar refractivity (Wildman–Crippen MR) is 105 cm³/mol. The van der Waals surface area contributed by atoms with Gasteiger partial charge in [0.25, 0.3) is 0 Å². The summed E-state index contributed by atoms with van der Waals surface area (Å²) in [5, 5.41) is 5.03. The molecule has 0 spiro atoms. The van der Waals surface area contributed by atoms with E-state index >= 15 is 0 Å². The molecule has 0 aliphatic carbocycles. The first kappa shape index (κ1) is 22.4. The fourth-order valence-corrected chi connectivity index (χ4v) is 3.26. The summed E-state index contributed by atoms with van der Waals surface area (Å²) in [4.78, 5) is 26.0. The molecule has 0 saturated carbocycles. The maximum atomic E-state index is 14.0. The third-order valence-corrected chi connectivity index (χ3v) is 4.84. The van der Waals surface area contributed by atoms with Crippen LogP contribution >= 0.6 is 0 Å². The third kappa shape index (κ3) is 5.87. The molecule has 1 unspecified atom stereocenters. The van der Waals surface area contributed by atoms with Gasteiger partial charge >= 0.3 is 12.4 Å². The number of amides is 3. The van der Waals surface area contributed by atoms with Crippen LogP contribution in [0.1, 0.15) is 24.5 Å². The SMILES string of the molecule is CCc1ccc(CNC(=O)NC2CCN(c3cccc(OC(F)(F)F)c3)C2=O)c(F)c1. The highest BCUT2D eigenvalue weighted by Crippen LogP contribution is 2.29. The Labute approximate surface area is 176 Å². The summed E-state index contributed by atoms with van der Waals surface area (Å²) in [7, 11) is 0. The van der Waals surface area contributed by atoms with Crippen LogP contribution in [0.2, 0.25) is 0 Å². The first-order chi connectivity index (χ1) is 14.7. The summed E-state index contributed by atoms with van der Waals surface area (Å²) in [6, 6.07) is 8.34. The highest BCUT2D eigenvalue weighted by molar-refractivity contribution is 6.01. The first-order valence-electron chi connectivity index (χ1n) is 9.65. The Bertz CT molecular complexity index is 965. The second-order valence-electron chi connectivity index (χ2n) is 6.98. The number of carbonyl (C=O) groups excluding carboxylic acids is 2. The van der Waals surface area contributed by atoms with Crippen molar-refractivity contribution in [1.82, 2.24) is 10.6 Å². The standard InChI is InChI=1S/C21H21F4N3O3/c1-2-13-6-7-14(17(22)10-13)12-26-20(30)27-18-8-9-28(19(18)29)15-4-3-5-16(11-15)31-21(23,24)25/h3-7,10-11,18H,2,8-9,12H2,1H3,(H2,26,27,30). The van der Waals surface area contributed by atoms with E-state index in [1.165, 1.54) is 23.1 Å². The van der Waals surface area contributed by atoms with Crippen LogP contribution in [0.5, 0.6) is 5.75 Å². The Balaban J connectivity index is 1.56. The lowest BCUT2D eigenvalue weighted by Crippen LogP contribution is -2.46. The van der Waals surface area contributed by atoms with E-state index < -0.39 is 35.9 Å². The summed E-state index contributed by atoms with van der Waals surface area (Å²) in [6.45, 7) is 2.07. The number of anilines is 1. The molecule has 6 nitrogen and oxygen atoms in total. The number of hydrogen-bond acceptors (Lipinski definition) is 3. The van der Waals surface area contributed by atoms with Gasteiger partial charge in [-0.3, -0.25) is 4.79 Å². The number of hydrogen-bond donors (Lipinski definition) is 2. The van der Waals surface area contributed by atoms with Crippen LogP contribution in [0.25, 0.3) is 0 Å². The molecule has 31 heavy (non-hydrogen) atoms. The van der Waals surface area contributed by atoms with Crippen molar-refractivity contribution in [3.8, 4) is 5.75 Å². The lowest BCUT2D eigenvalue weighted by molar-refractivity contribution is -0.274. The molecule has 1 fully saturated rings. The van der Waals surface area contributed by atoms with Crippen LogP contribution in [0.3, 0.4) is 0 Å². The van der Waals surface area contributed by atoms with Gasteiger partial charge in [-0.05, 0) is 36.6 Å². The van der Waals surface area contributed by atoms with Crippen molar-refractivity contribution in [3.05, 3.63) is 59.4 Å². The summed E-state index contributed by atoms with van der Waals surface area (Å²) >= 11 is 0. The molecule has 1 heterocycles. The van der Waals surface area contributed by atoms with Gasteiger partial charge in [0.05, 0.1) is 0 Å². The molecule has 2 N–H and O–H groups in total. The van der Waals surface area contributed by atoms with Gasteiger partial charge in [0, 0.05) is 30.4 Å². The highest BCUT2D eigenvalue weighted by atomic mass is 19.4. The number of aryl methyl sites for hydroxylation is 1. The van der Waals surface area contributed by atoms with Crippen molar-refractivity contribution in [3.63, 3.8) is 0 Å². The van der Waals surface area contributed by atoms with E-state index in [9.17, 15) is 27.2 Å². The minimum Gasteiger partial charge on any atom is -0.406 e. The second kappa shape index (κ2) is 9.23. The fourth-order valence-electron chi connectivity index (χ4n) is 3.26. The summed E-state index contributed by atoms with van der Waals surface area (Å²) in [5.41, 5.74) is 1.38. The lowest BCUT2D eigenvalue weighted by Gasteiger charge is -2.18. The third-order valence-electron chi connectivity index (χ3n) is 4.84. The molecular weight excluding hydrogens is 418 g/mol. The van der Waals surface area contributed by atoms with E-state index in [0.29, 0.717) is 12.0 Å². The molecule has 3 rings (SSSR count). The highest BCUT2D eigenvalue weighted by Gasteiger charge is 2.35. The van der Waals surface area contributed by atoms with Gasteiger partial charge in [-0.2, -0.15) is 0 Å². The lowest BCUT2D eigenvalue weighted by atomic mass is 10.1. The molecule has 10 heteroatoms. The number of nitrogens with one attached hydrogen (secondary N) is 2. The Morgan fingerprint density at radius 1 is 1.23 bits per heavy atom. The van der Waals surface area contributed by atoms with Gasteiger partial charge in [-0.1, -0.05) is 25.1 Å². The molecule has 0 aromatic heterocycles. The van der Waals surface area contributed by atoms with Crippen LogP contribution < -0.4 is 20.3 Å². The van der Waals surface area contributed by atoms with E-state index in [1.807, 2.05) is 6.92 Å². The molecular formula is C21H21F4N3O3. The Kier molecular flexibility index (Phi) is 6.67. The van der Waals surface area contributed by atoms with Crippen LogP contribution in [-0.4, -0.2) is 30.9 Å². The molecule has 2 aromatic rings. The van der Waals surface area contributed by atoms with Gasteiger partial charge in [0.15, 0.2) is 0 Å². The van der Waals surface area contributed by atoms with Crippen LogP contribution in [0, 0.1) is 5.82 Å². The number of carbonyl (C=O) groups is 2. The van der Waals surface area contributed by atoms with Crippen LogP contribution in [0.4, 0.5) is 28.0 Å². The molecule has 0 bridgehead atoms. The molecule has 3 amide bonds. The zero-order chi connectivity index (χ0) is 22.6. The summed E-state index contributed by atoms with van der Waals surface area (Å²) < 4.78 is 55.1. The molecule has 0 radical (unpaired) electrons. The maximum Gasteiger partial charge on any atom is 0.573 e. The van der Waals surface area contributed by atoms with Crippen LogP contribution in [-0.2, 0) is 17.8 Å². The zero-order valence-electron chi connectivity index (χ0n) is 16.6. The average Bonchev–Trinajstić information content (AvgIpc) is 3.06. The van der Waals surface area contributed by atoms with E-state index in [4.69, 9.17) is 0 Å². The van der Waals surface area contributed by atoms with Crippen molar-refractivity contribution < 1.29 is 31.9 Å². The van der Waals surface area contributed by atoms with Gasteiger partial charge in [-0.15, -0.1) is 13.2 Å². The largest absolute Gasteiger partial charge is 0.573 e. The zero-order valence-corrected chi connectivity index (χ0v) is 16.6. The van der Waals surface area contributed by atoms with E-state index in [1.54, 1.807) is 12.1 Å². The molecule has 166 valence electrons. The molecule has 1 aliphatic rings. The fraction of sp³-hybridized carbons (Fsp3) is 0.333. The Hall–Kier alpha value is -3.30. The number of nitrogens with zero attached hydrogens (tertiary/aromatic N) is 1. The molecule has 1 aliphatic heterocycles. The monoisotopic (exact) mass is 439 g/mol. The number of urea groups is 1. The van der Waals surface area contributed by atoms with Crippen LogP contribution in [0.15, 0.2) is 42.5 Å². The van der Waals surface area contributed by atoms with E-state index in [-0.39, 0.29) is 25.2 Å². The molecule has 1 saturated heterocycles. The minimum absolute atomic E-state index is 0.0525. The van der Waals surface area contributed by atoms with E-state index in [0.717, 1.165) is 17.7 Å². The van der Waals surface area contributed by atoms with E-state index in [2.05, 4.69) is 15.4 Å². The molecule has 1 atom stereocenters. The van der Waals surface area contributed by atoms with Gasteiger partial charge in [-0.25, -0.2) is 9.18 Å². The van der Waals surface area contributed by atoms with Crippen molar-refractivity contribution in [1.29, 1.82) is 0 Å². The number of rotatable bonds is 6. The molecule has 2 aromatic carbocycles. The summed E-state index contributed by atoms with van der Waals surface area (Å²) in [5.74, 6) is -1.33. The number of alkyl halides is 3. The first-order valence-corrected chi connectivity index (χ1v) is 9.65. The Morgan fingerprint density at radius 3 is 2.68 bits per heavy atom. The smallest absolute Gasteiger partial charge is 0.406 e. The van der Waals surface area contributed by atoms with Gasteiger partial charge in [0.2, 0.25) is 5.91 Å². The van der Waals surface area contributed by atoms with Gasteiger partial charge in [0.1, 0.15) is 17.6 Å². The number of ether oxygens (including phenoxy) is 1. The topological polar surface area (TPSA) is 70.7 Å². The van der Waals surface area contributed by atoms with Gasteiger partial charge < -0.3 is 20.3 Å². The normalized spacial score (nSPS) is 16.4. The van der Waals surface area contributed by atoms with Crippen molar-refractivity contribution in [2.45, 2.75) is 38.7 Å². The number of halogens is 4. The average molecular weight is 439 g/mol. The quantitative estimate of drug-likeness (QED) is 0.671. The summed E-state index contributed by atoms with van der Waals surface area (Å²) in [6.07, 6.45) is -3.88. The van der Waals surface area contributed by atoms with Crippen molar-refractivity contribution in [2.24, 2.45) is 0 Å². The Morgan fingerprint density at radius 2 is 2.00 bits per heavy atom. The van der Waals surface area contributed by atoms with Crippen molar-refractivity contribution >= 4 is 17.6 Å². The minimum atomic E-state index is -4.84. The second-order valence-corrected chi connectivity index (χ2v) is 6.98. The maximum absolute atomic E-state index is 14.0. The van der Waals surface area contributed by atoms with Crippen molar-refractivity contribution in [2.75, 3.05) is 11.4 Å². The number of benzene rings is 2. The predicted octanol–water partition coefficient (Wildman–Crippen LogP) is 3.89.